The van der Waals surface area contributed by atoms with Gasteiger partial charge in [0.25, 0.3) is 5.56 Å². The Bertz CT molecular complexity index is 1090. The molecule has 0 aliphatic carbocycles. The Morgan fingerprint density at radius 1 is 1.11 bits per heavy atom. The van der Waals surface area contributed by atoms with Gasteiger partial charge in [-0.25, -0.2) is 5.10 Å². The summed E-state index contributed by atoms with van der Waals surface area (Å²) in [6.45, 7) is 1.70. The number of methoxy groups -OCH3 is 1. The van der Waals surface area contributed by atoms with E-state index in [1.54, 1.807) is 36.4 Å². The first-order valence-corrected chi connectivity index (χ1v) is 8.65. The molecular formula is C20H20N4O4. The molecule has 3 N–H and O–H groups in total. The van der Waals surface area contributed by atoms with Gasteiger partial charge in [0, 0.05) is 5.39 Å². The highest BCUT2D eigenvalue weighted by molar-refractivity contribution is 5.96. The average molecular weight is 380 g/mol. The van der Waals surface area contributed by atoms with E-state index < -0.39 is 0 Å². The number of amides is 2. The van der Waals surface area contributed by atoms with E-state index in [0.29, 0.717) is 27.9 Å². The molecular weight excluding hydrogens is 360 g/mol. The quantitative estimate of drug-likeness (QED) is 0.600. The summed E-state index contributed by atoms with van der Waals surface area (Å²) < 4.78 is 5.22. The molecule has 0 atom stereocenters. The van der Waals surface area contributed by atoms with Crippen molar-refractivity contribution in [2.75, 3.05) is 19.0 Å². The van der Waals surface area contributed by atoms with Crippen molar-refractivity contribution in [3.8, 4) is 5.75 Å². The van der Waals surface area contributed by atoms with E-state index in [-0.39, 0.29) is 30.3 Å². The molecule has 0 fully saturated rings. The van der Waals surface area contributed by atoms with Crippen LogP contribution >= 0.6 is 0 Å². The summed E-state index contributed by atoms with van der Waals surface area (Å²) in [7, 11) is 1.52. The van der Waals surface area contributed by atoms with Gasteiger partial charge in [-0.05, 0) is 30.7 Å². The van der Waals surface area contributed by atoms with Gasteiger partial charge in [-0.3, -0.25) is 14.4 Å². The van der Waals surface area contributed by atoms with E-state index in [2.05, 4.69) is 20.8 Å². The van der Waals surface area contributed by atoms with Gasteiger partial charge >= 0.3 is 0 Å². The van der Waals surface area contributed by atoms with Crippen molar-refractivity contribution in [3.63, 3.8) is 0 Å². The molecule has 0 bridgehead atoms. The van der Waals surface area contributed by atoms with E-state index in [1.807, 2.05) is 13.0 Å². The Hall–Kier alpha value is -3.68. The SMILES string of the molecule is COc1ccc(C)cc1NC(=O)CNC(=O)Cc1n[nH]c(=O)c2ccccc12. The number of carbonyl (C=O) groups excluding carboxylic acids is 2. The number of nitrogens with zero attached hydrogens (tertiary/aromatic N) is 1. The van der Waals surface area contributed by atoms with Crippen molar-refractivity contribution in [3.05, 3.63) is 64.1 Å². The van der Waals surface area contributed by atoms with Crippen LogP contribution in [0.3, 0.4) is 0 Å². The molecule has 0 unspecified atom stereocenters. The number of H-pyrrole nitrogens is 1. The number of benzene rings is 2. The van der Waals surface area contributed by atoms with Crippen LogP contribution in [0.2, 0.25) is 0 Å². The third kappa shape index (κ3) is 4.35. The number of fused-ring (bicyclic) bond motifs is 1. The molecule has 28 heavy (non-hydrogen) atoms. The molecule has 0 radical (unpaired) electrons. The van der Waals surface area contributed by atoms with Crippen molar-refractivity contribution >= 4 is 28.3 Å². The lowest BCUT2D eigenvalue weighted by atomic mass is 10.1. The molecule has 8 nitrogen and oxygen atoms in total. The number of carbonyl (C=O) groups is 2. The van der Waals surface area contributed by atoms with Crippen molar-refractivity contribution in [2.24, 2.45) is 0 Å². The molecule has 0 aliphatic heterocycles. The Labute approximate surface area is 160 Å². The van der Waals surface area contributed by atoms with Gasteiger partial charge in [0.1, 0.15) is 5.75 Å². The smallest absolute Gasteiger partial charge is 0.272 e. The largest absolute Gasteiger partial charge is 0.495 e. The highest BCUT2D eigenvalue weighted by Crippen LogP contribution is 2.24. The zero-order valence-electron chi connectivity index (χ0n) is 15.5. The van der Waals surface area contributed by atoms with Gasteiger partial charge in [-0.1, -0.05) is 24.3 Å². The van der Waals surface area contributed by atoms with Gasteiger partial charge in [0.15, 0.2) is 0 Å². The monoisotopic (exact) mass is 380 g/mol. The first-order chi connectivity index (χ1) is 13.5. The third-order valence-corrected chi connectivity index (χ3v) is 4.18. The molecule has 3 rings (SSSR count). The van der Waals surface area contributed by atoms with Gasteiger partial charge in [0.05, 0.1) is 36.8 Å². The van der Waals surface area contributed by atoms with E-state index in [0.717, 1.165) is 5.56 Å². The number of aromatic nitrogens is 2. The number of hydrogen-bond acceptors (Lipinski definition) is 5. The second kappa shape index (κ2) is 8.34. The number of anilines is 1. The van der Waals surface area contributed by atoms with Crippen LogP contribution in [0.1, 0.15) is 11.3 Å². The normalized spacial score (nSPS) is 10.5. The molecule has 0 saturated carbocycles. The number of aromatic amines is 1. The second-order valence-corrected chi connectivity index (χ2v) is 6.25. The van der Waals surface area contributed by atoms with Crippen LogP contribution in [-0.2, 0) is 16.0 Å². The maximum absolute atomic E-state index is 12.2. The highest BCUT2D eigenvalue weighted by Gasteiger charge is 2.13. The first-order valence-electron chi connectivity index (χ1n) is 8.65. The lowest BCUT2D eigenvalue weighted by molar-refractivity contribution is -0.123. The fourth-order valence-corrected chi connectivity index (χ4v) is 2.81. The predicted octanol–water partition coefficient (Wildman–Crippen LogP) is 1.54. The minimum absolute atomic E-state index is 0.0572. The standard InChI is InChI=1S/C20H20N4O4/c1-12-7-8-17(28-2)16(9-12)22-19(26)11-21-18(25)10-15-13-5-3-4-6-14(13)20(27)24-23-15/h3-9H,10-11H2,1-2H3,(H,21,25)(H,22,26)(H,24,27). The summed E-state index contributed by atoms with van der Waals surface area (Å²) in [5.41, 5.74) is 1.63. The molecule has 0 saturated heterocycles. The lowest BCUT2D eigenvalue weighted by Gasteiger charge is -2.11. The Balaban J connectivity index is 1.62. The zero-order chi connectivity index (χ0) is 20.1. The van der Waals surface area contributed by atoms with Crippen LogP contribution < -0.4 is 20.9 Å². The fraction of sp³-hybridized carbons (Fsp3) is 0.200. The lowest BCUT2D eigenvalue weighted by Crippen LogP contribution is -2.34. The molecule has 1 aromatic heterocycles. The molecule has 1 heterocycles. The van der Waals surface area contributed by atoms with Crippen LogP contribution in [0.15, 0.2) is 47.3 Å². The Kier molecular flexibility index (Phi) is 5.69. The molecule has 144 valence electrons. The van der Waals surface area contributed by atoms with E-state index in [4.69, 9.17) is 4.74 Å². The Morgan fingerprint density at radius 3 is 2.61 bits per heavy atom. The first kappa shape index (κ1) is 19.1. The van der Waals surface area contributed by atoms with E-state index >= 15 is 0 Å². The molecule has 0 aliphatic rings. The topological polar surface area (TPSA) is 113 Å². The number of ether oxygens (including phenoxy) is 1. The minimum Gasteiger partial charge on any atom is -0.495 e. The average Bonchev–Trinajstić information content (AvgIpc) is 2.69. The summed E-state index contributed by atoms with van der Waals surface area (Å²) in [4.78, 5) is 36.2. The fourth-order valence-electron chi connectivity index (χ4n) is 2.81. The number of hydrogen-bond donors (Lipinski definition) is 3. The van der Waals surface area contributed by atoms with E-state index in [1.165, 1.54) is 7.11 Å². The molecule has 8 heteroatoms. The number of nitrogens with one attached hydrogen (secondary N) is 3. The maximum Gasteiger partial charge on any atom is 0.272 e. The van der Waals surface area contributed by atoms with Crippen LogP contribution in [0.25, 0.3) is 10.8 Å². The van der Waals surface area contributed by atoms with Gasteiger partial charge in [0.2, 0.25) is 11.8 Å². The summed E-state index contributed by atoms with van der Waals surface area (Å²) >= 11 is 0. The van der Waals surface area contributed by atoms with Crippen molar-refractivity contribution in [2.45, 2.75) is 13.3 Å². The molecule has 2 aromatic carbocycles. The molecule has 0 spiro atoms. The number of rotatable bonds is 6. The van der Waals surface area contributed by atoms with Crippen LogP contribution in [-0.4, -0.2) is 35.7 Å². The van der Waals surface area contributed by atoms with Crippen molar-refractivity contribution < 1.29 is 14.3 Å². The summed E-state index contributed by atoms with van der Waals surface area (Å²) in [6, 6.07) is 12.3. The van der Waals surface area contributed by atoms with Gasteiger partial charge in [-0.15, -0.1) is 0 Å². The van der Waals surface area contributed by atoms with Crippen molar-refractivity contribution in [1.82, 2.24) is 15.5 Å². The summed E-state index contributed by atoms with van der Waals surface area (Å²) in [6.07, 6.45) is -0.0572. The number of aryl methyl sites for hydroxylation is 1. The maximum atomic E-state index is 12.2. The molecule has 2 amide bonds. The van der Waals surface area contributed by atoms with Gasteiger partial charge in [-0.2, -0.15) is 5.10 Å². The highest BCUT2D eigenvalue weighted by atomic mass is 16.5. The van der Waals surface area contributed by atoms with Crippen LogP contribution in [0.4, 0.5) is 5.69 Å². The van der Waals surface area contributed by atoms with Crippen molar-refractivity contribution in [1.29, 1.82) is 0 Å². The van der Waals surface area contributed by atoms with E-state index in [9.17, 15) is 14.4 Å². The molecule has 3 aromatic rings. The van der Waals surface area contributed by atoms with Gasteiger partial charge < -0.3 is 15.4 Å². The predicted molar refractivity (Wildman–Crippen MR) is 105 cm³/mol. The minimum atomic E-state index is -0.379. The van der Waals surface area contributed by atoms with Crippen LogP contribution in [0, 0.1) is 6.92 Å². The summed E-state index contributed by atoms with van der Waals surface area (Å²) in [5, 5.41) is 12.7. The van der Waals surface area contributed by atoms with Crippen LogP contribution in [0.5, 0.6) is 5.75 Å². The third-order valence-electron chi connectivity index (χ3n) is 4.18. The second-order valence-electron chi connectivity index (χ2n) is 6.25. The zero-order valence-corrected chi connectivity index (χ0v) is 15.5. The summed E-state index contributed by atoms with van der Waals surface area (Å²) in [5.74, 6) is -0.221. The Morgan fingerprint density at radius 2 is 1.86 bits per heavy atom.